The topological polar surface area (TPSA) is 48.8 Å². The van der Waals surface area contributed by atoms with Crippen LogP contribution in [0.4, 0.5) is 23.2 Å². The molecule has 0 spiro atoms. The third kappa shape index (κ3) is 1.62. The molecule has 8 heteroatoms. The second-order valence-electron chi connectivity index (χ2n) is 2.11. The maximum absolute atomic E-state index is 12.8. The molecule has 0 N–H and O–H groups in total. The lowest BCUT2D eigenvalue weighted by Crippen LogP contribution is -1.99. The zero-order valence-corrected chi connectivity index (χ0v) is 8.39. The van der Waals surface area contributed by atoms with Crippen LogP contribution < -0.4 is 0 Å². The van der Waals surface area contributed by atoms with Gasteiger partial charge in [0.1, 0.15) is 0 Å². The van der Waals surface area contributed by atoms with E-state index in [9.17, 15) is 17.6 Å². The summed E-state index contributed by atoms with van der Waals surface area (Å²) >= 11 is 1.21. The van der Waals surface area contributed by atoms with E-state index in [1.54, 1.807) is 0 Å². The van der Waals surface area contributed by atoms with Crippen molar-refractivity contribution in [2.24, 2.45) is 5.11 Å². The number of benzene rings is 1. The first kappa shape index (κ1) is 11.1. The molecular weight excluding hydrogens is 317 g/mol. The van der Waals surface area contributed by atoms with Gasteiger partial charge in [-0.05, 0) is 28.1 Å². The summed E-state index contributed by atoms with van der Waals surface area (Å²) in [5.41, 5.74) is 7.08. The van der Waals surface area contributed by atoms with Crippen LogP contribution in [0.1, 0.15) is 0 Å². The third-order valence-electron chi connectivity index (χ3n) is 1.33. The average Bonchev–Trinajstić information content (AvgIpc) is 2.19. The molecule has 0 heterocycles. The fourth-order valence-corrected chi connectivity index (χ4v) is 1.31. The summed E-state index contributed by atoms with van der Waals surface area (Å²) in [7, 11) is 0. The summed E-state index contributed by atoms with van der Waals surface area (Å²) < 4.78 is 50.1. The van der Waals surface area contributed by atoms with Crippen molar-refractivity contribution in [2.75, 3.05) is 0 Å². The van der Waals surface area contributed by atoms with Crippen molar-refractivity contribution in [2.45, 2.75) is 0 Å². The van der Waals surface area contributed by atoms with Crippen LogP contribution in [0.15, 0.2) is 5.11 Å². The van der Waals surface area contributed by atoms with Gasteiger partial charge in [0.05, 0.1) is 9.26 Å². The fourth-order valence-electron chi connectivity index (χ4n) is 0.726. The Labute approximate surface area is 88.5 Å². The van der Waals surface area contributed by atoms with Crippen LogP contribution in [0.2, 0.25) is 0 Å². The molecule has 14 heavy (non-hydrogen) atoms. The Bertz CT molecular complexity index is 412. The molecule has 0 aliphatic heterocycles. The minimum absolute atomic E-state index is 0.600. The van der Waals surface area contributed by atoms with Crippen molar-refractivity contribution in [1.82, 2.24) is 0 Å². The van der Waals surface area contributed by atoms with Crippen molar-refractivity contribution < 1.29 is 17.6 Å². The van der Waals surface area contributed by atoms with E-state index in [0.717, 1.165) is 0 Å². The van der Waals surface area contributed by atoms with Crippen LogP contribution in [0.5, 0.6) is 0 Å². The second-order valence-corrected chi connectivity index (χ2v) is 3.19. The van der Waals surface area contributed by atoms with Gasteiger partial charge in [-0.15, -0.1) is 0 Å². The van der Waals surface area contributed by atoms with Crippen LogP contribution in [-0.2, 0) is 0 Å². The molecule has 0 fully saturated rings. The zero-order chi connectivity index (χ0) is 10.9. The quantitative estimate of drug-likeness (QED) is 0.144. The van der Waals surface area contributed by atoms with E-state index >= 15 is 0 Å². The van der Waals surface area contributed by atoms with Gasteiger partial charge in [-0.25, -0.2) is 17.6 Å². The predicted molar refractivity (Wildman–Crippen MR) is 47.8 cm³/mol. The highest BCUT2D eigenvalue weighted by Gasteiger charge is 2.22. The number of hydrogen-bond acceptors (Lipinski definition) is 1. The summed E-state index contributed by atoms with van der Waals surface area (Å²) in [6.07, 6.45) is 0. The average molecular weight is 317 g/mol. The molecule has 0 radical (unpaired) electrons. The van der Waals surface area contributed by atoms with Gasteiger partial charge in [0, 0.05) is 4.91 Å². The monoisotopic (exact) mass is 317 g/mol. The highest BCUT2D eigenvalue weighted by atomic mass is 127. The number of halogens is 5. The van der Waals surface area contributed by atoms with Crippen LogP contribution in [0.3, 0.4) is 0 Å². The lowest BCUT2D eigenvalue weighted by atomic mass is 10.3. The van der Waals surface area contributed by atoms with E-state index < -0.39 is 32.5 Å². The second kappa shape index (κ2) is 4.01. The maximum atomic E-state index is 12.8. The Kier molecular flexibility index (Phi) is 3.17. The summed E-state index contributed by atoms with van der Waals surface area (Å²) in [6, 6.07) is 0. The third-order valence-corrected chi connectivity index (χ3v) is 2.32. The molecule has 1 aromatic carbocycles. The van der Waals surface area contributed by atoms with Crippen LogP contribution in [0, 0.1) is 26.8 Å². The Morgan fingerprint density at radius 1 is 1.00 bits per heavy atom. The molecule has 0 amide bonds. The lowest BCUT2D eigenvalue weighted by molar-refractivity contribution is 0.407. The molecule has 3 nitrogen and oxygen atoms in total. The van der Waals surface area contributed by atoms with Crippen LogP contribution in [-0.4, -0.2) is 0 Å². The Hall–Kier alpha value is -1.02. The molecule has 0 aliphatic carbocycles. The normalized spacial score (nSPS) is 9.79. The number of azide groups is 1. The van der Waals surface area contributed by atoms with Gasteiger partial charge in [-0.1, -0.05) is 5.11 Å². The molecule has 0 aromatic heterocycles. The molecule has 1 aromatic rings. The highest BCUT2D eigenvalue weighted by Crippen LogP contribution is 2.31. The van der Waals surface area contributed by atoms with E-state index in [0.29, 0.717) is 0 Å². The number of hydrogen-bond donors (Lipinski definition) is 0. The van der Waals surface area contributed by atoms with Gasteiger partial charge in [0.15, 0.2) is 23.3 Å². The number of rotatable bonds is 1. The number of nitrogens with zero attached hydrogens (tertiary/aromatic N) is 3. The van der Waals surface area contributed by atoms with Crippen molar-refractivity contribution in [3.8, 4) is 0 Å². The minimum Gasteiger partial charge on any atom is -0.203 e. The van der Waals surface area contributed by atoms with E-state index in [-0.39, 0.29) is 0 Å². The first-order valence-corrected chi connectivity index (χ1v) is 4.15. The molecule has 1 rings (SSSR count). The SMILES string of the molecule is [N-]=[N+]=Nc1c(F)c(F)c(F)c(F)c1I. The largest absolute Gasteiger partial charge is 0.203 e. The molecule has 0 bridgehead atoms. The molecule has 0 unspecified atom stereocenters. The fraction of sp³-hybridized carbons (Fsp3) is 0. The lowest BCUT2D eigenvalue weighted by Gasteiger charge is -2.03. The predicted octanol–water partition coefficient (Wildman–Crippen LogP) is 3.79. The summed E-state index contributed by atoms with van der Waals surface area (Å²) in [5, 5.41) is 2.72. The Morgan fingerprint density at radius 3 is 2.00 bits per heavy atom. The van der Waals surface area contributed by atoms with Gasteiger partial charge < -0.3 is 0 Å². The molecule has 0 aliphatic rings. The summed E-state index contributed by atoms with van der Waals surface area (Å²) in [6.45, 7) is 0. The first-order chi connectivity index (χ1) is 6.50. The van der Waals surface area contributed by atoms with E-state index in [4.69, 9.17) is 5.53 Å². The van der Waals surface area contributed by atoms with Crippen molar-refractivity contribution in [3.05, 3.63) is 37.3 Å². The molecule has 74 valence electrons. The van der Waals surface area contributed by atoms with Gasteiger partial charge in [-0.2, -0.15) is 0 Å². The van der Waals surface area contributed by atoms with Gasteiger partial charge in [-0.3, -0.25) is 0 Å². The maximum Gasteiger partial charge on any atom is 0.198 e. The van der Waals surface area contributed by atoms with Crippen LogP contribution >= 0.6 is 22.6 Å². The molecular formula is C6F4IN3. The Morgan fingerprint density at radius 2 is 1.50 bits per heavy atom. The smallest absolute Gasteiger partial charge is 0.198 e. The highest BCUT2D eigenvalue weighted by molar-refractivity contribution is 14.1. The van der Waals surface area contributed by atoms with E-state index in [1.165, 1.54) is 22.6 Å². The van der Waals surface area contributed by atoms with Crippen LogP contribution in [0.25, 0.3) is 10.4 Å². The van der Waals surface area contributed by atoms with Crippen molar-refractivity contribution in [3.63, 3.8) is 0 Å². The summed E-state index contributed by atoms with van der Waals surface area (Å²) in [4.78, 5) is 2.16. The Balaban J connectivity index is 3.67. The molecule has 0 atom stereocenters. The van der Waals surface area contributed by atoms with Crippen molar-refractivity contribution >= 4 is 28.3 Å². The minimum atomic E-state index is -2.00. The van der Waals surface area contributed by atoms with Gasteiger partial charge in [0.2, 0.25) is 0 Å². The van der Waals surface area contributed by atoms with Crippen molar-refractivity contribution in [1.29, 1.82) is 0 Å². The van der Waals surface area contributed by atoms with Gasteiger partial charge in [0.25, 0.3) is 0 Å². The van der Waals surface area contributed by atoms with Gasteiger partial charge >= 0.3 is 0 Å². The molecule has 0 saturated carbocycles. The first-order valence-electron chi connectivity index (χ1n) is 3.07. The summed E-state index contributed by atoms with van der Waals surface area (Å²) in [5.74, 6) is -7.20. The van der Waals surface area contributed by atoms with E-state index in [2.05, 4.69) is 10.0 Å². The van der Waals surface area contributed by atoms with E-state index in [1.807, 2.05) is 0 Å². The standard InChI is InChI=1S/C6F4IN3/c7-1-2(8)4(10)6(13-14-12)5(11)3(1)9. The molecule has 0 saturated heterocycles. The zero-order valence-electron chi connectivity index (χ0n) is 6.23.